The highest BCUT2D eigenvalue weighted by molar-refractivity contribution is 5.64. The van der Waals surface area contributed by atoms with Crippen molar-refractivity contribution in [1.82, 2.24) is 15.1 Å². The molecule has 2 aromatic rings. The highest BCUT2D eigenvalue weighted by Gasteiger charge is 2.20. The number of nitrogens with zero attached hydrogens (tertiary/aromatic N) is 2. The van der Waals surface area contributed by atoms with Crippen LogP contribution in [0, 0.1) is 5.82 Å². The molecule has 0 unspecified atom stereocenters. The van der Waals surface area contributed by atoms with Crippen molar-refractivity contribution >= 4 is 0 Å². The molecule has 2 heterocycles. The van der Waals surface area contributed by atoms with Gasteiger partial charge in [-0.3, -0.25) is 10.00 Å². The predicted molar refractivity (Wildman–Crippen MR) is 90.5 cm³/mol. The fraction of sp³-hybridized carbons (Fsp3) is 0.500. The van der Waals surface area contributed by atoms with E-state index in [0.717, 1.165) is 43.8 Å². The lowest BCUT2D eigenvalue weighted by atomic mass is 10.1. The summed E-state index contributed by atoms with van der Waals surface area (Å²) in [5.74, 6) is 0.188. The van der Waals surface area contributed by atoms with Crippen molar-refractivity contribution in [2.75, 3.05) is 26.8 Å². The third-order valence-corrected chi connectivity index (χ3v) is 4.49. The molecule has 1 aromatic heterocycles. The number of likely N-dealkylation sites (N-methyl/N-ethyl adjacent to an activating group) is 1. The minimum absolute atomic E-state index is 0.304. The minimum atomic E-state index is -0.318. The van der Waals surface area contributed by atoms with Gasteiger partial charge in [-0.1, -0.05) is 6.92 Å². The molecular formula is C18H24FN3O2. The van der Waals surface area contributed by atoms with Crippen LogP contribution in [0.3, 0.4) is 0 Å². The highest BCUT2D eigenvalue weighted by Crippen LogP contribution is 2.28. The zero-order chi connectivity index (χ0) is 16.9. The number of aromatic amines is 1. The fourth-order valence-corrected chi connectivity index (χ4v) is 3.11. The number of aromatic nitrogens is 2. The van der Waals surface area contributed by atoms with Gasteiger partial charge in [-0.2, -0.15) is 5.10 Å². The van der Waals surface area contributed by atoms with Gasteiger partial charge in [0.1, 0.15) is 11.6 Å². The van der Waals surface area contributed by atoms with Crippen LogP contribution in [0.25, 0.3) is 11.3 Å². The van der Waals surface area contributed by atoms with Gasteiger partial charge in [-0.15, -0.1) is 0 Å². The molecule has 0 saturated carbocycles. The van der Waals surface area contributed by atoms with E-state index in [9.17, 15) is 4.39 Å². The summed E-state index contributed by atoms with van der Waals surface area (Å²) in [5.41, 5.74) is 2.22. The number of nitrogens with one attached hydrogen (secondary N) is 1. The number of benzene rings is 1. The summed E-state index contributed by atoms with van der Waals surface area (Å²) in [6.45, 7) is 5.51. The molecule has 0 aliphatic carbocycles. The smallest absolute Gasteiger partial charge is 0.136 e. The topological polar surface area (TPSA) is 50.4 Å². The summed E-state index contributed by atoms with van der Waals surface area (Å²) in [4.78, 5) is 2.31. The van der Waals surface area contributed by atoms with Crippen LogP contribution in [0.1, 0.15) is 25.3 Å². The maximum atomic E-state index is 14.4. The first kappa shape index (κ1) is 16.9. The lowest BCUT2D eigenvalue weighted by Gasteiger charge is -2.23. The Kier molecular flexibility index (Phi) is 5.48. The van der Waals surface area contributed by atoms with E-state index in [0.29, 0.717) is 24.0 Å². The first-order valence-corrected chi connectivity index (χ1v) is 8.41. The first-order valence-electron chi connectivity index (χ1n) is 8.41. The van der Waals surface area contributed by atoms with Gasteiger partial charge < -0.3 is 9.47 Å². The lowest BCUT2D eigenvalue weighted by Crippen LogP contribution is -2.31. The van der Waals surface area contributed by atoms with Gasteiger partial charge in [-0.05, 0) is 31.5 Å². The quantitative estimate of drug-likeness (QED) is 0.845. The van der Waals surface area contributed by atoms with E-state index in [4.69, 9.17) is 9.47 Å². The Morgan fingerprint density at radius 1 is 1.46 bits per heavy atom. The standard InChI is InChI=1S/C18H24FN3O2/c1-3-22(12-15-5-4-8-24-15)11-13-10-20-21-18(13)16-7-6-14(23-2)9-17(16)19/h6-7,9-10,15H,3-5,8,11-12H2,1-2H3,(H,20,21)/t15-/m0/s1. The SMILES string of the molecule is CCN(Cc1cn[nH]c1-c1ccc(OC)cc1F)C[C@@H]1CCCO1. The van der Waals surface area contributed by atoms with E-state index in [1.165, 1.54) is 13.2 Å². The number of halogens is 1. The van der Waals surface area contributed by atoms with Crippen molar-refractivity contribution in [1.29, 1.82) is 0 Å². The molecule has 1 N–H and O–H groups in total. The molecule has 0 amide bonds. The Balaban J connectivity index is 1.76. The molecule has 1 saturated heterocycles. The third kappa shape index (κ3) is 3.76. The van der Waals surface area contributed by atoms with Crippen LogP contribution < -0.4 is 4.74 Å². The molecule has 1 aromatic carbocycles. The molecule has 24 heavy (non-hydrogen) atoms. The van der Waals surface area contributed by atoms with Crippen LogP contribution in [0.2, 0.25) is 0 Å². The maximum Gasteiger partial charge on any atom is 0.136 e. The first-order chi connectivity index (χ1) is 11.7. The van der Waals surface area contributed by atoms with Gasteiger partial charge in [-0.25, -0.2) is 4.39 Å². The van der Waals surface area contributed by atoms with Crippen LogP contribution in [-0.2, 0) is 11.3 Å². The van der Waals surface area contributed by atoms with Gasteiger partial charge in [0.2, 0.25) is 0 Å². The number of H-pyrrole nitrogens is 1. The van der Waals surface area contributed by atoms with E-state index in [1.54, 1.807) is 18.3 Å². The average molecular weight is 333 g/mol. The minimum Gasteiger partial charge on any atom is -0.497 e. The Bertz CT molecular complexity index is 668. The van der Waals surface area contributed by atoms with Crippen LogP contribution in [-0.4, -0.2) is 48.0 Å². The van der Waals surface area contributed by atoms with Gasteiger partial charge in [0.15, 0.2) is 0 Å². The lowest BCUT2D eigenvalue weighted by molar-refractivity contribution is 0.0725. The number of hydrogen-bond acceptors (Lipinski definition) is 4. The third-order valence-electron chi connectivity index (χ3n) is 4.49. The fourth-order valence-electron chi connectivity index (χ4n) is 3.11. The Hall–Kier alpha value is -1.92. The summed E-state index contributed by atoms with van der Waals surface area (Å²) in [6.07, 6.45) is 4.33. The zero-order valence-electron chi connectivity index (χ0n) is 14.2. The number of methoxy groups -OCH3 is 1. The van der Waals surface area contributed by atoms with Crippen molar-refractivity contribution in [2.45, 2.75) is 32.4 Å². The summed E-state index contributed by atoms with van der Waals surface area (Å²) in [5, 5.41) is 7.06. The molecule has 1 aliphatic heterocycles. The van der Waals surface area contributed by atoms with E-state index >= 15 is 0 Å². The maximum absolute atomic E-state index is 14.4. The summed E-state index contributed by atoms with van der Waals surface area (Å²) < 4.78 is 25.2. The van der Waals surface area contributed by atoms with Crippen molar-refractivity contribution in [3.63, 3.8) is 0 Å². The van der Waals surface area contributed by atoms with Crippen molar-refractivity contribution in [2.24, 2.45) is 0 Å². The molecule has 0 bridgehead atoms. The van der Waals surface area contributed by atoms with Gasteiger partial charge in [0.05, 0.1) is 25.1 Å². The highest BCUT2D eigenvalue weighted by atomic mass is 19.1. The second-order valence-corrected chi connectivity index (χ2v) is 6.08. The zero-order valence-corrected chi connectivity index (χ0v) is 14.2. The summed E-state index contributed by atoms with van der Waals surface area (Å²) in [7, 11) is 1.53. The van der Waals surface area contributed by atoms with Crippen LogP contribution in [0.5, 0.6) is 5.75 Å². The van der Waals surface area contributed by atoms with Crippen LogP contribution in [0.15, 0.2) is 24.4 Å². The predicted octanol–water partition coefficient (Wildman–Crippen LogP) is 3.23. The van der Waals surface area contributed by atoms with Gasteiger partial charge in [0.25, 0.3) is 0 Å². The van der Waals surface area contributed by atoms with E-state index in [1.807, 2.05) is 0 Å². The van der Waals surface area contributed by atoms with Crippen molar-refractivity contribution in [3.05, 3.63) is 35.8 Å². The Morgan fingerprint density at radius 2 is 2.33 bits per heavy atom. The molecule has 130 valence electrons. The monoisotopic (exact) mass is 333 g/mol. The van der Waals surface area contributed by atoms with E-state index < -0.39 is 0 Å². The average Bonchev–Trinajstić information content (AvgIpc) is 3.26. The summed E-state index contributed by atoms with van der Waals surface area (Å²) in [6, 6.07) is 4.87. The number of rotatable bonds is 7. The van der Waals surface area contributed by atoms with E-state index in [-0.39, 0.29) is 5.82 Å². The number of hydrogen-bond donors (Lipinski definition) is 1. The molecule has 6 heteroatoms. The molecule has 5 nitrogen and oxygen atoms in total. The molecule has 1 aliphatic rings. The molecule has 0 radical (unpaired) electrons. The van der Waals surface area contributed by atoms with Crippen molar-refractivity contribution < 1.29 is 13.9 Å². The molecular weight excluding hydrogens is 309 g/mol. The van der Waals surface area contributed by atoms with Gasteiger partial charge >= 0.3 is 0 Å². The Labute approximate surface area is 141 Å². The normalized spacial score (nSPS) is 17.6. The van der Waals surface area contributed by atoms with E-state index in [2.05, 4.69) is 22.0 Å². The van der Waals surface area contributed by atoms with Crippen molar-refractivity contribution in [3.8, 4) is 17.0 Å². The largest absolute Gasteiger partial charge is 0.497 e. The second kappa shape index (κ2) is 7.77. The van der Waals surface area contributed by atoms with Crippen LogP contribution >= 0.6 is 0 Å². The molecule has 0 spiro atoms. The molecule has 1 atom stereocenters. The summed E-state index contributed by atoms with van der Waals surface area (Å²) >= 11 is 0. The van der Waals surface area contributed by atoms with Gasteiger partial charge in [0, 0.05) is 36.9 Å². The Morgan fingerprint density at radius 3 is 3.00 bits per heavy atom. The number of ether oxygens (including phenoxy) is 2. The second-order valence-electron chi connectivity index (χ2n) is 6.08. The molecule has 1 fully saturated rings. The van der Waals surface area contributed by atoms with Crippen LogP contribution in [0.4, 0.5) is 4.39 Å². The molecule has 3 rings (SSSR count).